The van der Waals surface area contributed by atoms with Crippen molar-refractivity contribution in [3.63, 3.8) is 0 Å². The Hall–Kier alpha value is -2.12. The molecule has 0 saturated heterocycles. The van der Waals surface area contributed by atoms with Crippen molar-refractivity contribution in [1.82, 2.24) is 24.8 Å². The van der Waals surface area contributed by atoms with Gasteiger partial charge >= 0.3 is 5.97 Å². The van der Waals surface area contributed by atoms with Crippen LogP contribution in [-0.2, 0) is 11.3 Å². The molecule has 8 nitrogen and oxygen atoms in total. The van der Waals surface area contributed by atoms with Crippen LogP contribution in [0.25, 0.3) is 0 Å². The van der Waals surface area contributed by atoms with Crippen molar-refractivity contribution in [2.45, 2.75) is 6.54 Å². The van der Waals surface area contributed by atoms with Gasteiger partial charge in [0.25, 0.3) is 0 Å². The van der Waals surface area contributed by atoms with Gasteiger partial charge in [0.2, 0.25) is 0 Å². The van der Waals surface area contributed by atoms with Crippen LogP contribution in [0.2, 0.25) is 0 Å². The molecule has 8 heteroatoms. The lowest BCUT2D eigenvalue weighted by molar-refractivity contribution is 0.0594. The van der Waals surface area contributed by atoms with Gasteiger partial charge in [0.1, 0.15) is 0 Å². The normalized spacial score (nSPS) is 9.95. The highest BCUT2D eigenvalue weighted by molar-refractivity contribution is 5.86. The smallest absolute Gasteiger partial charge is 0.360 e. The minimum Gasteiger partial charge on any atom is -0.464 e. The third-order valence-corrected chi connectivity index (χ3v) is 2.32. The summed E-state index contributed by atoms with van der Waals surface area (Å²) in [5.41, 5.74) is 0.201. The maximum atomic E-state index is 11.2. The average Bonchev–Trinajstić information content (AvgIpc) is 2.81. The Balaban J connectivity index is 2.59. The molecule has 0 aromatic carbocycles. The summed E-state index contributed by atoms with van der Waals surface area (Å²) in [6.45, 7) is 1.10. The fraction of sp³-hybridized carbons (Fsp3) is 0.636. The first-order chi connectivity index (χ1) is 8.95. The molecule has 1 aromatic heterocycles. The summed E-state index contributed by atoms with van der Waals surface area (Å²) >= 11 is 0. The van der Waals surface area contributed by atoms with Crippen molar-refractivity contribution >= 4 is 11.9 Å². The number of ether oxygens (including phenoxy) is 1. The van der Waals surface area contributed by atoms with Crippen molar-refractivity contribution < 1.29 is 9.53 Å². The molecule has 0 radical (unpaired) electrons. The number of methoxy groups -OCH3 is 1. The van der Waals surface area contributed by atoms with E-state index in [9.17, 15) is 4.79 Å². The first kappa shape index (κ1) is 14.9. The van der Waals surface area contributed by atoms with E-state index in [0.717, 1.165) is 5.96 Å². The summed E-state index contributed by atoms with van der Waals surface area (Å²) in [7, 11) is 9.05. The molecule has 0 spiro atoms. The average molecular weight is 268 g/mol. The Kier molecular flexibility index (Phi) is 5.28. The number of hydrogen-bond acceptors (Lipinski definition) is 5. The molecule has 0 aliphatic rings. The topological polar surface area (TPSA) is 75.9 Å². The van der Waals surface area contributed by atoms with Gasteiger partial charge in [-0.05, 0) is 0 Å². The summed E-state index contributed by atoms with van der Waals surface area (Å²) in [4.78, 5) is 19.5. The third-order valence-electron chi connectivity index (χ3n) is 2.32. The Morgan fingerprint density at radius 3 is 2.53 bits per heavy atom. The maximum Gasteiger partial charge on any atom is 0.360 e. The summed E-state index contributed by atoms with van der Waals surface area (Å²) < 4.78 is 6.13. The van der Waals surface area contributed by atoms with Crippen LogP contribution in [0.4, 0.5) is 0 Å². The standard InChI is InChI=1S/C11H20N6O2/c1-15(2)11(16(3)4)12-6-7-17-8-9(13-14-17)10(18)19-5/h8H,6-7H2,1-5H3. The molecular formula is C11H20N6O2. The van der Waals surface area contributed by atoms with Gasteiger partial charge in [0.15, 0.2) is 11.7 Å². The molecule has 0 aliphatic carbocycles. The molecule has 0 unspecified atom stereocenters. The van der Waals surface area contributed by atoms with E-state index in [4.69, 9.17) is 0 Å². The molecule has 0 bridgehead atoms. The van der Waals surface area contributed by atoms with Gasteiger partial charge in [-0.3, -0.25) is 4.99 Å². The van der Waals surface area contributed by atoms with Crippen LogP contribution < -0.4 is 0 Å². The van der Waals surface area contributed by atoms with Crippen molar-refractivity contribution in [3.05, 3.63) is 11.9 Å². The van der Waals surface area contributed by atoms with E-state index in [0.29, 0.717) is 13.1 Å². The second-order valence-electron chi connectivity index (χ2n) is 4.33. The van der Waals surface area contributed by atoms with Crippen LogP contribution in [-0.4, -0.2) is 78.6 Å². The zero-order valence-electron chi connectivity index (χ0n) is 12.0. The van der Waals surface area contributed by atoms with E-state index in [-0.39, 0.29) is 5.69 Å². The minimum absolute atomic E-state index is 0.201. The van der Waals surface area contributed by atoms with E-state index in [1.807, 2.05) is 38.0 Å². The molecule has 1 aromatic rings. The zero-order chi connectivity index (χ0) is 14.4. The third kappa shape index (κ3) is 4.23. The van der Waals surface area contributed by atoms with Gasteiger partial charge < -0.3 is 14.5 Å². The Morgan fingerprint density at radius 2 is 2.00 bits per heavy atom. The highest BCUT2D eigenvalue weighted by Crippen LogP contribution is 1.96. The Bertz CT molecular complexity index is 442. The second kappa shape index (κ2) is 6.72. The molecule has 19 heavy (non-hydrogen) atoms. The number of hydrogen-bond donors (Lipinski definition) is 0. The SMILES string of the molecule is COC(=O)c1cn(CCN=C(N(C)C)N(C)C)nn1. The number of nitrogens with zero attached hydrogens (tertiary/aromatic N) is 6. The van der Waals surface area contributed by atoms with Crippen molar-refractivity contribution in [3.8, 4) is 0 Å². The zero-order valence-corrected chi connectivity index (χ0v) is 12.0. The number of carbonyl (C=O) groups excluding carboxylic acids is 1. The number of aliphatic imine (C=N–C) groups is 1. The molecule has 1 rings (SSSR count). The minimum atomic E-state index is -0.489. The predicted octanol–water partition coefficient (Wildman–Crippen LogP) is -0.456. The summed E-state index contributed by atoms with van der Waals surface area (Å²) in [5.74, 6) is 0.380. The van der Waals surface area contributed by atoms with Crippen molar-refractivity contribution in [1.29, 1.82) is 0 Å². The summed E-state index contributed by atoms with van der Waals surface area (Å²) in [6.07, 6.45) is 1.55. The van der Waals surface area contributed by atoms with Gasteiger partial charge in [-0.1, -0.05) is 5.21 Å². The van der Waals surface area contributed by atoms with Crippen LogP contribution in [0.3, 0.4) is 0 Å². The van der Waals surface area contributed by atoms with Crippen LogP contribution in [0.15, 0.2) is 11.2 Å². The quantitative estimate of drug-likeness (QED) is 0.418. The molecular weight excluding hydrogens is 248 g/mol. The molecule has 0 atom stereocenters. The molecule has 0 amide bonds. The molecule has 1 heterocycles. The number of guanidine groups is 1. The highest BCUT2D eigenvalue weighted by atomic mass is 16.5. The van der Waals surface area contributed by atoms with Gasteiger partial charge in [-0.25, -0.2) is 9.48 Å². The lowest BCUT2D eigenvalue weighted by Gasteiger charge is -2.22. The van der Waals surface area contributed by atoms with Crippen LogP contribution in [0, 0.1) is 0 Å². The molecule has 0 N–H and O–H groups in total. The van der Waals surface area contributed by atoms with Crippen molar-refractivity contribution in [2.24, 2.45) is 4.99 Å². The maximum absolute atomic E-state index is 11.2. The summed E-state index contributed by atoms with van der Waals surface area (Å²) in [5, 5.41) is 7.57. The molecule has 0 aliphatic heterocycles. The van der Waals surface area contributed by atoms with Gasteiger partial charge in [0, 0.05) is 28.2 Å². The fourth-order valence-corrected chi connectivity index (χ4v) is 1.54. The highest BCUT2D eigenvalue weighted by Gasteiger charge is 2.10. The van der Waals surface area contributed by atoms with E-state index in [1.165, 1.54) is 7.11 Å². The summed E-state index contributed by atoms with van der Waals surface area (Å²) in [6, 6.07) is 0. The largest absolute Gasteiger partial charge is 0.464 e. The predicted molar refractivity (Wildman–Crippen MR) is 71.0 cm³/mol. The molecule has 0 saturated carbocycles. The van der Waals surface area contributed by atoms with E-state index in [2.05, 4.69) is 20.0 Å². The number of rotatable bonds is 4. The van der Waals surface area contributed by atoms with Crippen molar-refractivity contribution in [2.75, 3.05) is 41.8 Å². The van der Waals surface area contributed by atoms with E-state index < -0.39 is 5.97 Å². The van der Waals surface area contributed by atoms with Gasteiger partial charge in [-0.15, -0.1) is 5.10 Å². The second-order valence-corrected chi connectivity index (χ2v) is 4.33. The Morgan fingerprint density at radius 1 is 1.37 bits per heavy atom. The molecule has 0 fully saturated rings. The van der Waals surface area contributed by atoms with Crippen LogP contribution in [0.1, 0.15) is 10.5 Å². The lowest BCUT2D eigenvalue weighted by Crippen LogP contribution is -2.35. The van der Waals surface area contributed by atoms with E-state index in [1.54, 1.807) is 10.9 Å². The van der Waals surface area contributed by atoms with Gasteiger partial charge in [0.05, 0.1) is 26.4 Å². The van der Waals surface area contributed by atoms with E-state index >= 15 is 0 Å². The Labute approximate surface area is 112 Å². The van der Waals surface area contributed by atoms with Gasteiger partial charge in [-0.2, -0.15) is 0 Å². The van der Waals surface area contributed by atoms with Crippen LogP contribution >= 0.6 is 0 Å². The number of esters is 1. The fourth-order valence-electron chi connectivity index (χ4n) is 1.54. The lowest BCUT2D eigenvalue weighted by atomic mass is 10.5. The molecule has 106 valence electrons. The van der Waals surface area contributed by atoms with Crippen LogP contribution in [0.5, 0.6) is 0 Å². The monoisotopic (exact) mass is 268 g/mol. The first-order valence-electron chi connectivity index (χ1n) is 5.83. The number of carbonyl (C=O) groups is 1. The number of aromatic nitrogens is 3. The first-order valence-corrected chi connectivity index (χ1v) is 5.83.